The largest absolute Gasteiger partial charge is 0.360 e. The molecule has 4 rings (SSSR count). The Kier molecular flexibility index (Phi) is 3.99. The molecule has 2 amide bonds. The van der Waals surface area contributed by atoms with Crippen LogP contribution < -0.4 is 10.6 Å². The molecule has 9 heteroatoms. The molecule has 24 heavy (non-hydrogen) atoms. The van der Waals surface area contributed by atoms with Crippen molar-refractivity contribution in [2.45, 2.75) is 31.8 Å². The molecule has 2 N–H and O–H groups in total. The van der Waals surface area contributed by atoms with Crippen molar-refractivity contribution in [2.75, 3.05) is 0 Å². The first-order valence-corrected chi connectivity index (χ1v) is 8.49. The van der Waals surface area contributed by atoms with Crippen molar-refractivity contribution in [3.8, 4) is 11.5 Å². The lowest BCUT2D eigenvalue weighted by molar-refractivity contribution is 0.238. The fourth-order valence-electron chi connectivity index (χ4n) is 2.18. The van der Waals surface area contributed by atoms with E-state index in [1.54, 1.807) is 11.3 Å². The second-order valence-electron chi connectivity index (χ2n) is 5.52. The maximum absolute atomic E-state index is 11.7. The van der Waals surface area contributed by atoms with Crippen LogP contribution in [0.2, 0.25) is 0 Å². The minimum Gasteiger partial charge on any atom is -0.360 e. The summed E-state index contributed by atoms with van der Waals surface area (Å²) in [5.74, 6) is 2.02. The van der Waals surface area contributed by atoms with Crippen molar-refractivity contribution >= 4 is 17.4 Å². The highest BCUT2D eigenvalue weighted by molar-refractivity contribution is 7.09. The van der Waals surface area contributed by atoms with Gasteiger partial charge in [-0.3, -0.25) is 0 Å². The van der Waals surface area contributed by atoms with Crippen LogP contribution >= 0.6 is 11.3 Å². The summed E-state index contributed by atoms with van der Waals surface area (Å²) in [6, 6.07) is 5.45. The highest BCUT2D eigenvalue weighted by Crippen LogP contribution is 2.40. The summed E-state index contributed by atoms with van der Waals surface area (Å²) in [4.78, 5) is 17.0. The van der Waals surface area contributed by atoms with E-state index < -0.39 is 0 Å². The van der Waals surface area contributed by atoms with E-state index >= 15 is 0 Å². The molecule has 0 spiro atoms. The first-order valence-electron chi connectivity index (χ1n) is 7.61. The monoisotopic (exact) mass is 345 g/mol. The van der Waals surface area contributed by atoms with E-state index in [1.165, 1.54) is 0 Å². The molecule has 3 aromatic heterocycles. The molecule has 3 heterocycles. The predicted molar refractivity (Wildman–Crippen MR) is 85.2 cm³/mol. The molecule has 0 unspecified atom stereocenters. The summed E-state index contributed by atoms with van der Waals surface area (Å²) in [6.07, 6.45) is 2.27. The number of hydrogen-bond donors (Lipinski definition) is 2. The third kappa shape index (κ3) is 3.46. The molecule has 1 fully saturated rings. The first kappa shape index (κ1) is 14.9. The molecule has 0 aliphatic heterocycles. The summed E-state index contributed by atoms with van der Waals surface area (Å²) in [7, 11) is 0. The van der Waals surface area contributed by atoms with E-state index in [2.05, 4.69) is 25.9 Å². The van der Waals surface area contributed by atoms with Crippen molar-refractivity contribution < 1.29 is 13.8 Å². The lowest BCUT2D eigenvalue weighted by Gasteiger charge is -2.03. The summed E-state index contributed by atoms with van der Waals surface area (Å²) in [6.45, 7) is 0.637. The summed E-state index contributed by atoms with van der Waals surface area (Å²) in [5.41, 5.74) is 0.550. The molecule has 1 saturated carbocycles. The van der Waals surface area contributed by atoms with Crippen LogP contribution in [0.25, 0.3) is 11.5 Å². The van der Waals surface area contributed by atoms with E-state index in [0.29, 0.717) is 29.9 Å². The number of rotatable bonds is 6. The van der Waals surface area contributed by atoms with E-state index in [9.17, 15) is 4.79 Å². The van der Waals surface area contributed by atoms with Crippen LogP contribution in [0.4, 0.5) is 4.79 Å². The van der Waals surface area contributed by atoms with Crippen LogP contribution in [0.15, 0.2) is 32.6 Å². The second-order valence-corrected chi connectivity index (χ2v) is 6.55. The predicted octanol–water partition coefficient (Wildman–Crippen LogP) is 2.66. The Labute approximate surface area is 141 Å². The van der Waals surface area contributed by atoms with Gasteiger partial charge < -0.3 is 19.7 Å². The topological polar surface area (TPSA) is 106 Å². The number of amides is 2. The van der Waals surface area contributed by atoms with Gasteiger partial charge in [0.05, 0.1) is 13.1 Å². The Balaban J connectivity index is 1.29. The van der Waals surface area contributed by atoms with Crippen LogP contribution in [-0.4, -0.2) is 21.3 Å². The Bertz CT molecular complexity index is 822. The first-order chi connectivity index (χ1) is 11.8. The molecule has 0 saturated heterocycles. The Morgan fingerprint density at radius 3 is 2.92 bits per heavy atom. The van der Waals surface area contributed by atoms with Gasteiger partial charge in [-0.1, -0.05) is 16.4 Å². The average Bonchev–Trinajstić information content (AvgIpc) is 3.03. The number of hydrogen-bond acceptors (Lipinski definition) is 7. The molecule has 0 bridgehead atoms. The van der Waals surface area contributed by atoms with Gasteiger partial charge in [0.25, 0.3) is 0 Å². The quantitative estimate of drug-likeness (QED) is 0.711. The minimum absolute atomic E-state index is 0.149. The van der Waals surface area contributed by atoms with Crippen molar-refractivity contribution in [1.29, 1.82) is 0 Å². The van der Waals surface area contributed by atoms with Gasteiger partial charge in [0, 0.05) is 16.9 Å². The highest BCUT2D eigenvalue weighted by atomic mass is 32.1. The van der Waals surface area contributed by atoms with E-state index in [4.69, 9.17) is 9.05 Å². The van der Waals surface area contributed by atoms with Crippen molar-refractivity contribution in [3.63, 3.8) is 0 Å². The van der Waals surface area contributed by atoms with Gasteiger partial charge in [-0.25, -0.2) is 4.79 Å². The number of nitrogens with zero attached hydrogens (tertiary/aromatic N) is 3. The molecule has 0 aromatic carbocycles. The Morgan fingerprint density at radius 1 is 1.25 bits per heavy atom. The Hall–Kier alpha value is -2.68. The molecule has 124 valence electrons. The van der Waals surface area contributed by atoms with Crippen LogP contribution in [0.1, 0.15) is 35.3 Å². The van der Waals surface area contributed by atoms with Gasteiger partial charge in [-0.15, -0.1) is 11.3 Å². The van der Waals surface area contributed by atoms with Gasteiger partial charge >= 0.3 is 6.03 Å². The third-order valence-electron chi connectivity index (χ3n) is 3.61. The standard InChI is InChI=1S/C15H15N5O3S/c21-15(16-7-10-2-1-5-24-10)17-8-13-18-14(20-23-13)11-6-12(22-19-11)9-3-4-9/h1-2,5-6,9H,3-4,7-8H2,(H2,16,17,21). The molecule has 0 radical (unpaired) electrons. The van der Waals surface area contributed by atoms with E-state index in [0.717, 1.165) is 23.5 Å². The lowest BCUT2D eigenvalue weighted by Crippen LogP contribution is -2.34. The maximum atomic E-state index is 11.7. The van der Waals surface area contributed by atoms with Crippen molar-refractivity contribution in [1.82, 2.24) is 25.9 Å². The molecular weight excluding hydrogens is 330 g/mol. The van der Waals surface area contributed by atoms with Crippen LogP contribution in [-0.2, 0) is 13.1 Å². The Morgan fingerprint density at radius 2 is 2.12 bits per heavy atom. The van der Waals surface area contributed by atoms with Crippen molar-refractivity contribution in [2.24, 2.45) is 0 Å². The second kappa shape index (κ2) is 6.44. The number of aromatic nitrogens is 3. The van der Waals surface area contributed by atoms with E-state index in [1.807, 2.05) is 23.6 Å². The van der Waals surface area contributed by atoms with Gasteiger partial charge in [0.15, 0.2) is 5.69 Å². The van der Waals surface area contributed by atoms with E-state index in [-0.39, 0.29) is 12.6 Å². The summed E-state index contributed by atoms with van der Waals surface area (Å²) in [5, 5.41) is 15.2. The molecule has 1 aliphatic carbocycles. The maximum Gasteiger partial charge on any atom is 0.315 e. The van der Waals surface area contributed by atoms with Crippen LogP contribution in [0, 0.1) is 0 Å². The zero-order valence-corrected chi connectivity index (χ0v) is 13.5. The number of nitrogens with one attached hydrogen (secondary N) is 2. The fourth-order valence-corrected chi connectivity index (χ4v) is 2.83. The molecule has 1 aliphatic rings. The number of carbonyl (C=O) groups is 1. The van der Waals surface area contributed by atoms with Crippen molar-refractivity contribution in [3.05, 3.63) is 40.1 Å². The number of urea groups is 1. The number of thiophene rings is 1. The van der Waals surface area contributed by atoms with Crippen LogP contribution in [0.5, 0.6) is 0 Å². The lowest BCUT2D eigenvalue weighted by atomic mass is 10.3. The van der Waals surface area contributed by atoms with Gasteiger partial charge in [-0.2, -0.15) is 4.98 Å². The highest BCUT2D eigenvalue weighted by Gasteiger charge is 2.28. The zero-order chi connectivity index (χ0) is 16.4. The smallest absolute Gasteiger partial charge is 0.315 e. The van der Waals surface area contributed by atoms with Crippen LogP contribution in [0.3, 0.4) is 0 Å². The molecular formula is C15H15N5O3S. The molecule has 8 nitrogen and oxygen atoms in total. The average molecular weight is 345 g/mol. The molecule has 0 atom stereocenters. The summed E-state index contributed by atoms with van der Waals surface area (Å²) >= 11 is 1.59. The summed E-state index contributed by atoms with van der Waals surface area (Å²) < 4.78 is 10.4. The van der Waals surface area contributed by atoms with Gasteiger partial charge in [-0.05, 0) is 24.3 Å². The molecule has 3 aromatic rings. The zero-order valence-electron chi connectivity index (χ0n) is 12.7. The SMILES string of the molecule is O=C(NCc1nc(-c2cc(C3CC3)on2)no1)NCc1cccs1. The normalized spacial score (nSPS) is 13.8. The minimum atomic E-state index is -0.291. The fraction of sp³-hybridized carbons (Fsp3) is 0.333. The van der Waals surface area contributed by atoms with Gasteiger partial charge in [0.1, 0.15) is 5.76 Å². The third-order valence-corrected chi connectivity index (χ3v) is 4.49. The number of carbonyl (C=O) groups excluding carboxylic acids is 1. The van der Waals surface area contributed by atoms with Gasteiger partial charge in [0.2, 0.25) is 11.7 Å².